The van der Waals surface area contributed by atoms with Crippen LogP contribution >= 0.6 is 23.2 Å². The Morgan fingerprint density at radius 2 is 2.15 bits per heavy atom. The smallest absolute Gasteiger partial charge is 0.147 e. The molecule has 1 nitrogen and oxygen atoms in total. The molecule has 3 heteroatoms. The molecule has 0 aliphatic rings. The molecule has 0 heterocycles. The van der Waals surface area contributed by atoms with Gasteiger partial charge < -0.3 is 0 Å². The molecule has 0 fully saturated rings. The molecule has 1 rings (SSSR count). The number of allylic oxidation sites excluding steroid dienone is 1. The summed E-state index contributed by atoms with van der Waals surface area (Å²) in [6.45, 7) is 1.66. The predicted molar refractivity (Wildman–Crippen MR) is 56.0 cm³/mol. The van der Waals surface area contributed by atoms with E-state index in [-0.39, 0.29) is 0 Å². The number of carbonyl (C=O) groups excluding carboxylic acids is 1. The van der Waals surface area contributed by atoms with E-state index in [0.717, 1.165) is 11.8 Å². The van der Waals surface area contributed by atoms with Crippen LogP contribution in [0.25, 0.3) is 5.03 Å². The molecular formula is C10H8Cl2O. The number of carbonyl (C=O) groups is 1. The molecule has 1 aromatic rings. The van der Waals surface area contributed by atoms with E-state index in [2.05, 4.69) is 0 Å². The van der Waals surface area contributed by atoms with Gasteiger partial charge in [-0.1, -0.05) is 35.3 Å². The van der Waals surface area contributed by atoms with E-state index >= 15 is 0 Å². The summed E-state index contributed by atoms with van der Waals surface area (Å²) in [5.41, 5.74) is 1.27. The maximum atomic E-state index is 10.4. The third kappa shape index (κ3) is 2.58. The van der Waals surface area contributed by atoms with Gasteiger partial charge in [-0.15, -0.1) is 0 Å². The molecule has 0 radical (unpaired) electrons. The fourth-order valence-corrected chi connectivity index (χ4v) is 1.26. The summed E-state index contributed by atoms with van der Waals surface area (Å²) in [5.74, 6) is 0. The zero-order valence-corrected chi connectivity index (χ0v) is 8.56. The highest BCUT2D eigenvalue weighted by atomic mass is 35.5. The van der Waals surface area contributed by atoms with E-state index in [4.69, 9.17) is 23.2 Å². The fourth-order valence-electron chi connectivity index (χ4n) is 0.904. The Balaban J connectivity index is 3.16. The van der Waals surface area contributed by atoms with Crippen molar-refractivity contribution in [2.24, 2.45) is 0 Å². The zero-order chi connectivity index (χ0) is 9.84. The molecule has 0 atom stereocenters. The zero-order valence-electron chi connectivity index (χ0n) is 7.05. The van der Waals surface area contributed by atoms with Crippen molar-refractivity contribution >= 4 is 34.5 Å². The standard InChI is InChI=1S/C10H8Cl2O/c1-7(6-13)10(12)8-3-2-4-9(11)5-8/h2-6H,1H3/b10-7-. The van der Waals surface area contributed by atoms with Crippen LogP contribution in [0.3, 0.4) is 0 Å². The molecular weight excluding hydrogens is 207 g/mol. The van der Waals surface area contributed by atoms with Crippen LogP contribution in [0.15, 0.2) is 29.8 Å². The van der Waals surface area contributed by atoms with E-state index in [1.54, 1.807) is 31.2 Å². The second-order valence-electron chi connectivity index (χ2n) is 2.63. The van der Waals surface area contributed by atoms with Crippen LogP contribution in [0, 0.1) is 0 Å². The number of hydrogen-bond acceptors (Lipinski definition) is 1. The average Bonchev–Trinajstić information content (AvgIpc) is 2.15. The molecule has 0 aliphatic carbocycles. The summed E-state index contributed by atoms with van der Waals surface area (Å²) in [6.07, 6.45) is 0.725. The Bertz CT molecular complexity index is 356. The Labute approximate surface area is 87.0 Å². The first-order valence-electron chi connectivity index (χ1n) is 3.72. The minimum atomic E-state index is 0.442. The van der Waals surface area contributed by atoms with Crippen molar-refractivity contribution in [1.29, 1.82) is 0 Å². The number of aldehydes is 1. The van der Waals surface area contributed by atoms with Gasteiger partial charge in [-0.2, -0.15) is 0 Å². The van der Waals surface area contributed by atoms with E-state index in [9.17, 15) is 4.79 Å². The van der Waals surface area contributed by atoms with Gasteiger partial charge in [-0.05, 0) is 24.6 Å². The minimum absolute atomic E-state index is 0.442. The van der Waals surface area contributed by atoms with Crippen molar-refractivity contribution in [3.8, 4) is 0 Å². The van der Waals surface area contributed by atoms with Crippen LogP contribution in [0.5, 0.6) is 0 Å². The fraction of sp³-hybridized carbons (Fsp3) is 0.100. The topological polar surface area (TPSA) is 17.1 Å². The lowest BCUT2D eigenvalue weighted by Crippen LogP contribution is -1.83. The largest absolute Gasteiger partial charge is 0.298 e. The van der Waals surface area contributed by atoms with Gasteiger partial charge in [0.25, 0.3) is 0 Å². The van der Waals surface area contributed by atoms with Gasteiger partial charge in [0.1, 0.15) is 6.29 Å². The lowest BCUT2D eigenvalue weighted by atomic mass is 10.1. The molecule has 0 saturated heterocycles. The highest BCUT2D eigenvalue weighted by Crippen LogP contribution is 2.24. The van der Waals surface area contributed by atoms with Gasteiger partial charge in [0, 0.05) is 10.6 Å². The van der Waals surface area contributed by atoms with Crippen molar-refractivity contribution in [2.75, 3.05) is 0 Å². The molecule has 0 spiro atoms. The summed E-state index contributed by atoms with van der Waals surface area (Å²) >= 11 is 11.7. The Kier molecular flexibility index (Phi) is 3.52. The van der Waals surface area contributed by atoms with Crippen LogP contribution in [0.4, 0.5) is 0 Å². The molecule has 13 heavy (non-hydrogen) atoms. The average molecular weight is 215 g/mol. The molecule has 0 N–H and O–H groups in total. The van der Waals surface area contributed by atoms with Crippen molar-refractivity contribution in [3.05, 3.63) is 40.4 Å². The molecule has 0 saturated carbocycles. The monoisotopic (exact) mass is 214 g/mol. The number of halogens is 2. The van der Waals surface area contributed by atoms with Crippen molar-refractivity contribution < 1.29 is 4.79 Å². The third-order valence-electron chi connectivity index (χ3n) is 1.60. The first kappa shape index (κ1) is 10.3. The maximum Gasteiger partial charge on any atom is 0.147 e. The molecule has 0 aromatic heterocycles. The Morgan fingerprint density at radius 3 is 2.69 bits per heavy atom. The lowest BCUT2D eigenvalue weighted by Gasteiger charge is -2.00. The number of hydrogen-bond donors (Lipinski definition) is 0. The van der Waals surface area contributed by atoms with E-state index < -0.39 is 0 Å². The van der Waals surface area contributed by atoms with Gasteiger partial charge in [-0.3, -0.25) is 4.79 Å². The first-order valence-corrected chi connectivity index (χ1v) is 4.48. The second-order valence-corrected chi connectivity index (χ2v) is 3.44. The van der Waals surface area contributed by atoms with Gasteiger partial charge in [0.15, 0.2) is 0 Å². The molecule has 1 aromatic carbocycles. The SMILES string of the molecule is C/C(C=O)=C(/Cl)c1cccc(Cl)c1. The number of benzene rings is 1. The summed E-state index contributed by atoms with van der Waals surface area (Å²) in [4.78, 5) is 10.4. The van der Waals surface area contributed by atoms with Gasteiger partial charge in [0.2, 0.25) is 0 Å². The highest BCUT2D eigenvalue weighted by Gasteiger charge is 2.02. The van der Waals surface area contributed by atoms with Crippen molar-refractivity contribution in [2.45, 2.75) is 6.92 Å². The lowest BCUT2D eigenvalue weighted by molar-refractivity contribution is -0.104. The third-order valence-corrected chi connectivity index (χ3v) is 2.35. The molecule has 0 unspecified atom stereocenters. The van der Waals surface area contributed by atoms with E-state index in [1.165, 1.54) is 0 Å². The van der Waals surface area contributed by atoms with Crippen LogP contribution in [-0.2, 0) is 4.79 Å². The summed E-state index contributed by atoms with van der Waals surface area (Å²) in [6, 6.07) is 7.07. The quantitative estimate of drug-likeness (QED) is 0.545. The Hall–Kier alpha value is -0.790. The van der Waals surface area contributed by atoms with Gasteiger partial charge >= 0.3 is 0 Å². The van der Waals surface area contributed by atoms with E-state index in [0.29, 0.717) is 15.6 Å². The van der Waals surface area contributed by atoms with Crippen LogP contribution < -0.4 is 0 Å². The van der Waals surface area contributed by atoms with Crippen molar-refractivity contribution in [3.63, 3.8) is 0 Å². The highest BCUT2D eigenvalue weighted by molar-refractivity contribution is 6.50. The normalized spacial score (nSPS) is 12.2. The van der Waals surface area contributed by atoms with Crippen LogP contribution in [0.2, 0.25) is 5.02 Å². The molecule has 0 amide bonds. The van der Waals surface area contributed by atoms with E-state index in [1.807, 2.05) is 0 Å². The summed E-state index contributed by atoms with van der Waals surface area (Å²) in [5, 5.41) is 1.05. The summed E-state index contributed by atoms with van der Waals surface area (Å²) in [7, 11) is 0. The molecule has 68 valence electrons. The van der Waals surface area contributed by atoms with Crippen molar-refractivity contribution in [1.82, 2.24) is 0 Å². The van der Waals surface area contributed by atoms with Crippen LogP contribution in [0.1, 0.15) is 12.5 Å². The Morgan fingerprint density at radius 1 is 1.46 bits per heavy atom. The molecule has 0 bridgehead atoms. The maximum absolute atomic E-state index is 10.4. The first-order chi connectivity index (χ1) is 6.15. The molecule has 0 aliphatic heterocycles. The van der Waals surface area contributed by atoms with Crippen LogP contribution in [-0.4, -0.2) is 6.29 Å². The predicted octanol–water partition coefficient (Wildman–Crippen LogP) is 3.51. The second kappa shape index (κ2) is 4.45. The van der Waals surface area contributed by atoms with Gasteiger partial charge in [-0.25, -0.2) is 0 Å². The van der Waals surface area contributed by atoms with Gasteiger partial charge in [0.05, 0.1) is 5.03 Å². The summed E-state index contributed by atoms with van der Waals surface area (Å²) < 4.78 is 0. The minimum Gasteiger partial charge on any atom is -0.298 e. The number of rotatable bonds is 2.